The van der Waals surface area contributed by atoms with Crippen LogP contribution in [0.5, 0.6) is 0 Å². The highest BCUT2D eigenvalue weighted by Crippen LogP contribution is 2.30. The molecular formula is C22H26N4O. The van der Waals surface area contributed by atoms with E-state index in [0.717, 1.165) is 61.4 Å². The molecule has 0 spiro atoms. The molecule has 0 radical (unpaired) electrons. The molecule has 4 rings (SSSR count). The van der Waals surface area contributed by atoms with E-state index in [-0.39, 0.29) is 11.8 Å². The molecular weight excluding hydrogens is 336 g/mol. The maximum Gasteiger partial charge on any atom is 0.253 e. The van der Waals surface area contributed by atoms with Crippen molar-refractivity contribution in [2.45, 2.75) is 45.6 Å². The Morgan fingerprint density at radius 1 is 1.19 bits per heavy atom. The summed E-state index contributed by atoms with van der Waals surface area (Å²) < 4.78 is 2.24. The van der Waals surface area contributed by atoms with Gasteiger partial charge in [0.25, 0.3) is 5.91 Å². The molecule has 1 aliphatic heterocycles. The largest absolute Gasteiger partial charge is 0.338 e. The molecule has 1 unspecified atom stereocenters. The number of carbonyl (C=O) groups is 1. The van der Waals surface area contributed by atoms with Crippen molar-refractivity contribution in [1.82, 2.24) is 19.4 Å². The zero-order chi connectivity index (χ0) is 18.8. The van der Waals surface area contributed by atoms with Crippen LogP contribution in [0.15, 0.2) is 42.6 Å². The average molecular weight is 362 g/mol. The molecule has 0 N–H and O–H groups in total. The van der Waals surface area contributed by atoms with Crippen molar-refractivity contribution in [2.75, 3.05) is 13.1 Å². The topological polar surface area (TPSA) is 51.0 Å². The zero-order valence-corrected chi connectivity index (χ0v) is 16.1. The lowest BCUT2D eigenvalue weighted by atomic mass is 10.1. The van der Waals surface area contributed by atoms with Crippen LogP contribution in [0, 0.1) is 0 Å². The molecule has 2 aromatic heterocycles. The number of aromatic nitrogens is 3. The lowest BCUT2D eigenvalue weighted by molar-refractivity contribution is 0.0790. The molecule has 0 bridgehead atoms. The first-order valence-electron chi connectivity index (χ1n) is 9.90. The number of hydrogen-bond donors (Lipinski definition) is 0. The van der Waals surface area contributed by atoms with Crippen molar-refractivity contribution >= 4 is 17.1 Å². The van der Waals surface area contributed by atoms with Crippen LogP contribution >= 0.6 is 0 Å². The van der Waals surface area contributed by atoms with E-state index in [4.69, 9.17) is 4.98 Å². The third-order valence-electron chi connectivity index (χ3n) is 5.43. The van der Waals surface area contributed by atoms with E-state index in [1.54, 1.807) is 0 Å². The third-order valence-corrected chi connectivity index (χ3v) is 5.43. The summed E-state index contributed by atoms with van der Waals surface area (Å²) in [7, 11) is 0. The van der Waals surface area contributed by atoms with Gasteiger partial charge in [0.15, 0.2) is 5.65 Å². The number of nitrogens with zero attached hydrogens (tertiary/aromatic N) is 4. The van der Waals surface area contributed by atoms with Gasteiger partial charge in [-0.25, -0.2) is 9.97 Å². The van der Waals surface area contributed by atoms with Crippen LogP contribution in [0.25, 0.3) is 11.2 Å². The van der Waals surface area contributed by atoms with Crippen molar-refractivity contribution in [3.8, 4) is 0 Å². The SMILES string of the molecule is CCCn1c(C2CCN(C(=O)c3ccc(CC)cc3)C2)nc2cccnc21. The van der Waals surface area contributed by atoms with Crippen LogP contribution in [0.1, 0.15) is 54.4 Å². The van der Waals surface area contributed by atoms with Crippen LogP contribution in [-0.4, -0.2) is 38.4 Å². The van der Waals surface area contributed by atoms with Gasteiger partial charge in [-0.1, -0.05) is 26.0 Å². The molecule has 5 nitrogen and oxygen atoms in total. The van der Waals surface area contributed by atoms with Crippen molar-refractivity contribution in [2.24, 2.45) is 0 Å². The number of likely N-dealkylation sites (tertiary alicyclic amines) is 1. The Labute approximate surface area is 160 Å². The molecule has 1 atom stereocenters. The maximum absolute atomic E-state index is 12.9. The Morgan fingerprint density at radius 3 is 2.74 bits per heavy atom. The Bertz CT molecular complexity index is 945. The summed E-state index contributed by atoms with van der Waals surface area (Å²) in [4.78, 5) is 24.3. The van der Waals surface area contributed by atoms with Gasteiger partial charge in [-0.3, -0.25) is 4.79 Å². The molecule has 0 aliphatic carbocycles. The highest BCUT2D eigenvalue weighted by Gasteiger charge is 2.31. The standard InChI is InChI=1S/C22H26N4O/c1-3-13-26-20(24-19-6-5-12-23-21(19)26)18-11-14-25(15-18)22(27)17-9-7-16(4-2)8-10-17/h5-10,12,18H,3-4,11,13-15H2,1-2H3. The van der Waals surface area contributed by atoms with E-state index in [1.165, 1.54) is 5.56 Å². The van der Waals surface area contributed by atoms with Crippen LogP contribution in [0.2, 0.25) is 0 Å². The van der Waals surface area contributed by atoms with Crippen LogP contribution in [0.3, 0.4) is 0 Å². The molecule has 1 aromatic carbocycles. The smallest absolute Gasteiger partial charge is 0.253 e. The molecule has 3 aromatic rings. The summed E-state index contributed by atoms with van der Waals surface area (Å²) in [5.74, 6) is 1.46. The molecule has 0 saturated carbocycles. The highest BCUT2D eigenvalue weighted by atomic mass is 16.2. The van der Waals surface area contributed by atoms with Gasteiger partial charge in [0, 0.05) is 37.3 Å². The first-order valence-corrected chi connectivity index (χ1v) is 9.90. The lowest BCUT2D eigenvalue weighted by Gasteiger charge is -2.17. The summed E-state index contributed by atoms with van der Waals surface area (Å²) in [6.45, 7) is 6.71. The maximum atomic E-state index is 12.9. The molecule has 1 amide bonds. The van der Waals surface area contributed by atoms with Crippen LogP contribution in [0.4, 0.5) is 0 Å². The van der Waals surface area contributed by atoms with Gasteiger partial charge in [-0.2, -0.15) is 0 Å². The number of amides is 1. The first kappa shape index (κ1) is 17.7. The minimum absolute atomic E-state index is 0.122. The van der Waals surface area contributed by atoms with Crippen LogP contribution in [-0.2, 0) is 13.0 Å². The number of rotatable bonds is 5. The van der Waals surface area contributed by atoms with E-state index in [0.29, 0.717) is 0 Å². The van der Waals surface area contributed by atoms with E-state index in [1.807, 2.05) is 47.5 Å². The minimum Gasteiger partial charge on any atom is -0.338 e. The lowest BCUT2D eigenvalue weighted by Crippen LogP contribution is -2.28. The molecule has 140 valence electrons. The Hall–Kier alpha value is -2.69. The van der Waals surface area contributed by atoms with Gasteiger partial charge >= 0.3 is 0 Å². The molecule has 27 heavy (non-hydrogen) atoms. The fourth-order valence-electron chi connectivity index (χ4n) is 3.95. The summed E-state index contributed by atoms with van der Waals surface area (Å²) >= 11 is 0. The number of benzene rings is 1. The van der Waals surface area contributed by atoms with Gasteiger partial charge in [-0.15, -0.1) is 0 Å². The van der Waals surface area contributed by atoms with Gasteiger partial charge in [-0.05, 0) is 49.1 Å². The normalized spacial score (nSPS) is 17.0. The number of hydrogen-bond acceptors (Lipinski definition) is 3. The molecule has 1 fully saturated rings. The van der Waals surface area contributed by atoms with Crippen LogP contribution < -0.4 is 0 Å². The van der Waals surface area contributed by atoms with Crippen molar-refractivity contribution in [1.29, 1.82) is 0 Å². The molecule has 3 heterocycles. The summed E-state index contributed by atoms with van der Waals surface area (Å²) in [6.07, 6.45) is 4.80. The first-order chi connectivity index (χ1) is 13.2. The summed E-state index contributed by atoms with van der Waals surface area (Å²) in [6, 6.07) is 11.9. The van der Waals surface area contributed by atoms with Crippen molar-refractivity contribution < 1.29 is 4.79 Å². The quantitative estimate of drug-likeness (QED) is 0.688. The van der Waals surface area contributed by atoms with Gasteiger partial charge in [0.1, 0.15) is 11.3 Å². The zero-order valence-electron chi connectivity index (χ0n) is 16.1. The Kier molecular flexibility index (Phi) is 4.92. The van der Waals surface area contributed by atoms with Gasteiger partial charge < -0.3 is 9.47 Å². The van der Waals surface area contributed by atoms with E-state index in [2.05, 4.69) is 23.4 Å². The second-order valence-corrected chi connectivity index (χ2v) is 7.26. The number of imidazole rings is 1. The second-order valence-electron chi connectivity index (χ2n) is 7.26. The highest BCUT2D eigenvalue weighted by molar-refractivity contribution is 5.94. The third kappa shape index (κ3) is 3.34. The van der Waals surface area contributed by atoms with E-state index >= 15 is 0 Å². The fraction of sp³-hybridized carbons (Fsp3) is 0.409. The predicted molar refractivity (Wildman–Crippen MR) is 107 cm³/mol. The number of aryl methyl sites for hydroxylation is 2. The fourth-order valence-corrected chi connectivity index (χ4v) is 3.95. The van der Waals surface area contributed by atoms with Crippen molar-refractivity contribution in [3.05, 3.63) is 59.5 Å². The van der Waals surface area contributed by atoms with Crippen molar-refractivity contribution in [3.63, 3.8) is 0 Å². The molecule has 1 saturated heterocycles. The molecule has 5 heteroatoms. The average Bonchev–Trinajstić information content (AvgIpc) is 3.33. The Balaban J connectivity index is 1.56. The summed E-state index contributed by atoms with van der Waals surface area (Å²) in [5.41, 5.74) is 3.93. The summed E-state index contributed by atoms with van der Waals surface area (Å²) in [5, 5.41) is 0. The monoisotopic (exact) mass is 362 g/mol. The molecule has 1 aliphatic rings. The Morgan fingerprint density at radius 2 is 2.00 bits per heavy atom. The second kappa shape index (κ2) is 7.51. The minimum atomic E-state index is 0.122. The van der Waals surface area contributed by atoms with Gasteiger partial charge in [0.05, 0.1) is 0 Å². The predicted octanol–water partition coefficient (Wildman–Crippen LogP) is 4.03. The number of fused-ring (bicyclic) bond motifs is 1. The van der Waals surface area contributed by atoms with E-state index in [9.17, 15) is 4.79 Å². The number of carbonyl (C=O) groups excluding carboxylic acids is 1. The number of pyridine rings is 1. The van der Waals surface area contributed by atoms with E-state index < -0.39 is 0 Å². The van der Waals surface area contributed by atoms with Gasteiger partial charge in [0.2, 0.25) is 0 Å².